The molecule has 1 N–H and O–H groups in total. The lowest BCUT2D eigenvalue weighted by Crippen LogP contribution is -2.23. The molecule has 25 heavy (non-hydrogen) atoms. The van der Waals surface area contributed by atoms with E-state index < -0.39 is 31.7 Å². The number of rotatable bonds is 8. The van der Waals surface area contributed by atoms with Crippen LogP contribution >= 0.6 is 0 Å². The molecule has 1 amide bonds. The van der Waals surface area contributed by atoms with Gasteiger partial charge in [-0.1, -0.05) is 0 Å². The van der Waals surface area contributed by atoms with Crippen LogP contribution in [0.15, 0.2) is 34.9 Å². The molecular formula is C15H14F2N2O6. The normalized spacial score (nSPS) is 10.4. The van der Waals surface area contributed by atoms with Crippen LogP contribution in [0.1, 0.15) is 5.76 Å². The fourth-order valence-corrected chi connectivity index (χ4v) is 1.65. The number of carbonyl (C=O) groups excluding carboxylic acids is 2. The number of halogens is 2. The molecule has 0 aliphatic heterocycles. The Morgan fingerprint density at radius 2 is 1.96 bits per heavy atom. The lowest BCUT2D eigenvalue weighted by atomic mass is 10.3. The summed E-state index contributed by atoms with van der Waals surface area (Å²) >= 11 is 0. The van der Waals surface area contributed by atoms with Crippen LogP contribution in [0.25, 0.3) is 0 Å². The largest absolute Gasteiger partial charge is 0.463 e. The van der Waals surface area contributed by atoms with Crippen molar-refractivity contribution in [2.24, 2.45) is 0 Å². The number of anilines is 1. The molecule has 0 bridgehead atoms. The fraction of sp³-hybridized carbons (Fsp3) is 0.267. The van der Waals surface area contributed by atoms with E-state index >= 15 is 0 Å². The first-order chi connectivity index (χ1) is 11.9. The van der Waals surface area contributed by atoms with Crippen LogP contribution < -0.4 is 14.8 Å². The maximum Gasteiger partial charge on any atom is 0.387 e. The molecule has 0 saturated heterocycles. The highest BCUT2D eigenvalue weighted by molar-refractivity contribution is 5.92. The van der Waals surface area contributed by atoms with Crippen molar-refractivity contribution < 1.29 is 37.1 Å². The van der Waals surface area contributed by atoms with Crippen molar-refractivity contribution in [2.45, 2.75) is 13.5 Å². The average Bonchev–Trinajstić information content (AvgIpc) is 2.98. The summed E-state index contributed by atoms with van der Waals surface area (Å²) in [6, 6.07) is 6.76. The van der Waals surface area contributed by atoms with Gasteiger partial charge in [-0.3, -0.25) is 4.79 Å². The van der Waals surface area contributed by atoms with E-state index in [0.717, 1.165) is 0 Å². The van der Waals surface area contributed by atoms with E-state index in [9.17, 15) is 18.4 Å². The molecule has 1 aromatic carbocycles. The zero-order valence-electron chi connectivity index (χ0n) is 13.0. The lowest BCUT2D eigenvalue weighted by Gasteiger charge is -2.08. The maximum absolute atomic E-state index is 12.0. The number of aryl methyl sites for hydroxylation is 1. The molecule has 1 aromatic heterocycles. The van der Waals surface area contributed by atoms with Gasteiger partial charge in [0, 0.05) is 11.8 Å². The Bertz CT molecular complexity index is 717. The molecule has 0 atom stereocenters. The summed E-state index contributed by atoms with van der Waals surface area (Å²) in [4.78, 5) is 23.1. The third kappa shape index (κ3) is 6.45. The highest BCUT2D eigenvalue weighted by atomic mass is 19.3. The number of alkyl halides is 2. The van der Waals surface area contributed by atoms with Crippen LogP contribution in [-0.4, -0.2) is 36.9 Å². The van der Waals surface area contributed by atoms with E-state index in [0.29, 0.717) is 11.4 Å². The third-order valence-corrected chi connectivity index (χ3v) is 2.67. The minimum Gasteiger partial charge on any atom is -0.463 e. The number of hydrogen-bond donors (Lipinski definition) is 1. The lowest BCUT2D eigenvalue weighted by molar-refractivity contribution is -0.149. The average molecular weight is 356 g/mol. The molecule has 0 unspecified atom stereocenters. The van der Waals surface area contributed by atoms with E-state index in [-0.39, 0.29) is 11.6 Å². The number of ether oxygens (including phenoxy) is 3. The summed E-state index contributed by atoms with van der Waals surface area (Å²) in [5.41, 5.74) is 0.331. The zero-order chi connectivity index (χ0) is 18.2. The molecule has 0 radical (unpaired) electrons. The van der Waals surface area contributed by atoms with Gasteiger partial charge >= 0.3 is 12.6 Å². The molecule has 0 aliphatic rings. The Kier molecular flexibility index (Phi) is 6.26. The van der Waals surface area contributed by atoms with Gasteiger partial charge in [0.15, 0.2) is 13.2 Å². The summed E-state index contributed by atoms with van der Waals surface area (Å²) in [5, 5.41) is 5.95. The molecule has 1 heterocycles. The van der Waals surface area contributed by atoms with Crippen LogP contribution in [0.4, 0.5) is 14.5 Å². The van der Waals surface area contributed by atoms with Gasteiger partial charge in [0.2, 0.25) is 0 Å². The molecule has 134 valence electrons. The molecule has 0 fully saturated rings. The SMILES string of the molecule is Cc1cc(OCC(=O)OCC(=O)Nc2ccc(OC(F)F)cc2)no1. The van der Waals surface area contributed by atoms with Gasteiger partial charge in [-0.2, -0.15) is 8.78 Å². The van der Waals surface area contributed by atoms with Crippen molar-refractivity contribution in [3.63, 3.8) is 0 Å². The van der Waals surface area contributed by atoms with E-state index in [1.165, 1.54) is 30.3 Å². The highest BCUT2D eigenvalue weighted by Crippen LogP contribution is 2.17. The van der Waals surface area contributed by atoms with Crippen molar-refractivity contribution in [1.82, 2.24) is 5.16 Å². The monoisotopic (exact) mass is 356 g/mol. The van der Waals surface area contributed by atoms with Crippen molar-refractivity contribution >= 4 is 17.6 Å². The molecule has 2 rings (SSSR count). The molecule has 10 heteroatoms. The van der Waals surface area contributed by atoms with E-state index in [1.807, 2.05) is 0 Å². The second kappa shape index (κ2) is 8.62. The van der Waals surface area contributed by atoms with Gasteiger partial charge in [0.05, 0.1) is 0 Å². The molecule has 2 aromatic rings. The minimum absolute atomic E-state index is 0.0420. The predicted molar refractivity (Wildman–Crippen MR) is 79.4 cm³/mol. The summed E-state index contributed by atoms with van der Waals surface area (Å²) in [6.45, 7) is -2.23. The smallest absolute Gasteiger partial charge is 0.387 e. The van der Waals surface area contributed by atoms with Crippen LogP contribution in [0.5, 0.6) is 11.6 Å². The number of hydrogen-bond acceptors (Lipinski definition) is 7. The Morgan fingerprint density at radius 1 is 1.24 bits per heavy atom. The molecular weight excluding hydrogens is 342 g/mol. The first kappa shape index (κ1) is 18.2. The van der Waals surface area contributed by atoms with Gasteiger partial charge in [0.25, 0.3) is 11.8 Å². The maximum atomic E-state index is 12.0. The first-order valence-electron chi connectivity index (χ1n) is 6.99. The second-order valence-electron chi connectivity index (χ2n) is 4.68. The van der Waals surface area contributed by atoms with Crippen molar-refractivity contribution in [3.8, 4) is 11.6 Å². The Hall–Kier alpha value is -3.17. The van der Waals surface area contributed by atoms with Crippen LogP contribution in [0.3, 0.4) is 0 Å². The van der Waals surface area contributed by atoms with Gasteiger partial charge < -0.3 is 24.1 Å². The number of carbonyl (C=O) groups is 2. The number of esters is 1. The summed E-state index contributed by atoms with van der Waals surface area (Å²) in [5.74, 6) is -0.762. The molecule has 0 spiro atoms. The van der Waals surface area contributed by atoms with Crippen molar-refractivity contribution in [1.29, 1.82) is 0 Å². The minimum atomic E-state index is -2.93. The number of amides is 1. The quantitative estimate of drug-likeness (QED) is 0.723. The first-order valence-corrected chi connectivity index (χ1v) is 6.99. The topological polar surface area (TPSA) is 99.9 Å². The third-order valence-electron chi connectivity index (χ3n) is 2.67. The van der Waals surface area contributed by atoms with Crippen LogP contribution in [-0.2, 0) is 14.3 Å². The number of nitrogens with zero attached hydrogens (tertiary/aromatic N) is 1. The summed E-state index contributed by atoms with van der Waals surface area (Å²) < 4.78 is 42.7. The van der Waals surface area contributed by atoms with E-state index in [4.69, 9.17) is 14.0 Å². The van der Waals surface area contributed by atoms with Gasteiger partial charge in [-0.05, 0) is 36.3 Å². The summed E-state index contributed by atoms with van der Waals surface area (Å²) in [7, 11) is 0. The number of nitrogens with one attached hydrogen (secondary N) is 1. The van der Waals surface area contributed by atoms with Crippen molar-refractivity contribution in [2.75, 3.05) is 18.5 Å². The van der Waals surface area contributed by atoms with Gasteiger partial charge in [0.1, 0.15) is 11.5 Å². The predicted octanol–water partition coefficient (Wildman–Crippen LogP) is 2.15. The Balaban J connectivity index is 1.70. The van der Waals surface area contributed by atoms with Crippen LogP contribution in [0, 0.1) is 6.92 Å². The Morgan fingerprint density at radius 3 is 2.56 bits per heavy atom. The molecule has 0 saturated carbocycles. The zero-order valence-corrected chi connectivity index (χ0v) is 13.0. The van der Waals surface area contributed by atoms with Crippen LogP contribution in [0.2, 0.25) is 0 Å². The number of aromatic nitrogens is 1. The Labute approximate surface area is 140 Å². The second-order valence-corrected chi connectivity index (χ2v) is 4.68. The highest BCUT2D eigenvalue weighted by Gasteiger charge is 2.11. The fourth-order valence-electron chi connectivity index (χ4n) is 1.65. The number of benzene rings is 1. The van der Waals surface area contributed by atoms with Gasteiger partial charge in [-0.25, -0.2) is 4.79 Å². The van der Waals surface area contributed by atoms with E-state index in [2.05, 4.69) is 15.2 Å². The van der Waals surface area contributed by atoms with E-state index in [1.54, 1.807) is 6.92 Å². The van der Waals surface area contributed by atoms with Crippen molar-refractivity contribution in [3.05, 3.63) is 36.1 Å². The molecule has 8 nitrogen and oxygen atoms in total. The summed E-state index contributed by atoms with van der Waals surface area (Å²) in [6.07, 6.45) is 0. The van der Waals surface area contributed by atoms with Gasteiger partial charge in [-0.15, -0.1) is 0 Å². The standard InChI is InChI=1S/C15H14F2N2O6/c1-9-6-13(19-25-9)22-8-14(21)23-7-12(20)18-10-2-4-11(5-3-10)24-15(16)17/h2-6,15H,7-8H2,1H3,(H,18,20). The molecule has 0 aliphatic carbocycles.